The Morgan fingerprint density at radius 2 is 1.83 bits per heavy atom. The van der Waals surface area contributed by atoms with Gasteiger partial charge >= 0.3 is 0 Å². The lowest BCUT2D eigenvalue weighted by molar-refractivity contribution is -0.117. The monoisotopic (exact) mass is 599 g/mol. The number of hydrogen-bond donors (Lipinski definition) is 1. The summed E-state index contributed by atoms with van der Waals surface area (Å²) in [6, 6.07) is 24.0. The van der Waals surface area contributed by atoms with Gasteiger partial charge in [0, 0.05) is 56.6 Å². The zero-order valence-electron chi connectivity index (χ0n) is 23.1. The number of carbonyl (C=O) groups is 1. The highest BCUT2D eigenvalue weighted by atomic mass is 32.1. The number of hydrogen-bond acceptors (Lipinski definition) is 8. The quantitative estimate of drug-likeness (QED) is 0.107. The molecular weight excluding hydrogens is 570 g/mol. The highest BCUT2D eigenvalue weighted by Crippen LogP contribution is 2.39. The summed E-state index contributed by atoms with van der Waals surface area (Å²) >= 11 is 6.95. The molecule has 1 N–H and O–H groups in total. The fraction of sp³-hybridized carbons (Fsp3) is 0.212. The first-order valence-corrected chi connectivity index (χ1v) is 14.8. The Morgan fingerprint density at radius 3 is 2.64 bits per heavy atom. The van der Waals surface area contributed by atoms with Crippen LogP contribution in [0.2, 0.25) is 0 Å². The zero-order chi connectivity index (χ0) is 29.3. The van der Waals surface area contributed by atoms with Crippen LogP contribution in [0.4, 0.5) is 4.39 Å². The Kier molecular flexibility index (Phi) is 10.1. The van der Waals surface area contributed by atoms with Crippen molar-refractivity contribution in [2.75, 3.05) is 20.3 Å². The molecule has 0 radical (unpaired) electrons. The van der Waals surface area contributed by atoms with Crippen LogP contribution < -0.4 is 10.1 Å². The first-order chi connectivity index (χ1) is 20.5. The van der Waals surface area contributed by atoms with Crippen LogP contribution in [0.25, 0.3) is 20.8 Å². The van der Waals surface area contributed by atoms with Crippen molar-refractivity contribution in [3.05, 3.63) is 108 Å². The second kappa shape index (κ2) is 14.3. The number of benzene rings is 2. The minimum Gasteiger partial charge on any atom is -0.453 e. The number of halogens is 1. The number of fused-ring (bicyclic) bond motifs is 1. The summed E-state index contributed by atoms with van der Waals surface area (Å²) in [6.07, 6.45) is 2.51. The number of aromatic nitrogens is 2. The van der Waals surface area contributed by atoms with Crippen LogP contribution in [-0.2, 0) is 28.9 Å². The van der Waals surface area contributed by atoms with Crippen molar-refractivity contribution in [1.29, 1.82) is 0 Å². The topological polar surface area (TPSA) is 73.3 Å². The summed E-state index contributed by atoms with van der Waals surface area (Å²) in [4.78, 5) is 23.2. The van der Waals surface area contributed by atoms with Crippen LogP contribution in [0.5, 0.6) is 11.5 Å². The van der Waals surface area contributed by atoms with Crippen LogP contribution in [0.3, 0.4) is 0 Å². The molecule has 6 nitrogen and oxygen atoms in total. The van der Waals surface area contributed by atoms with Crippen LogP contribution in [0, 0.1) is 5.82 Å². The van der Waals surface area contributed by atoms with Gasteiger partial charge in [-0.25, -0.2) is 4.39 Å². The molecule has 0 aliphatic rings. The van der Waals surface area contributed by atoms with Crippen LogP contribution in [0.1, 0.15) is 23.2 Å². The molecule has 0 atom stereocenters. The van der Waals surface area contributed by atoms with Gasteiger partial charge in [-0.2, -0.15) is 0 Å². The van der Waals surface area contributed by atoms with Crippen molar-refractivity contribution in [2.24, 2.45) is 0 Å². The number of methoxy groups -OCH3 is 1. The molecule has 0 aliphatic carbocycles. The lowest BCUT2D eigenvalue weighted by Crippen LogP contribution is -2.19. The van der Waals surface area contributed by atoms with E-state index in [9.17, 15) is 4.79 Å². The summed E-state index contributed by atoms with van der Waals surface area (Å²) < 4.78 is 27.0. The molecule has 0 unspecified atom stereocenters. The number of ketones is 1. The predicted molar refractivity (Wildman–Crippen MR) is 169 cm³/mol. The highest BCUT2D eigenvalue weighted by molar-refractivity contribution is 7.80. The van der Waals surface area contributed by atoms with Crippen molar-refractivity contribution in [3.8, 4) is 22.1 Å². The standard InChI is InChI=1S/C33H30FN3O3S2/c1-39-15-14-35-21-24-8-5-9-28(37-24)32-20-29-33(42-32)31(12-13-36-29)40-30-11-10-23(18-27(30)34)17-26(41)19-25(38)16-22-6-3-2-4-7-22/h2-13,18,20,35H,14-17,19,21H2,1H3. The molecule has 3 heterocycles. The zero-order valence-corrected chi connectivity index (χ0v) is 24.8. The maximum absolute atomic E-state index is 15.1. The van der Waals surface area contributed by atoms with Gasteiger partial charge in [-0.05, 0) is 41.5 Å². The molecule has 0 saturated carbocycles. The number of thiophene rings is 1. The number of ether oxygens (including phenoxy) is 2. The molecule has 0 saturated heterocycles. The van der Waals surface area contributed by atoms with Gasteiger partial charge in [0.15, 0.2) is 11.6 Å². The third-order valence-electron chi connectivity index (χ3n) is 6.48. The van der Waals surface area contributed by atoms with Crippen molar-refractivity contribution in [3.63, 3.8) is 0 Å². The number of rotatable bonds is 14. The summed E-state index contributed by atoms with van der Waals surface area (Å²) in [5.74, 6) is 0.171. The molecule has 0 fully saturated rings. The maximum Gasteiger partial charge on any atom is 0.166 e. The number of nitrogens with zero attached hydrogens (tertiary/aromatic N) is 2. The first-order valence-electron chi connectivity index (χ1n) is 13.6. The molecular formula is C33H30FN3O3S2. The van der Waals surface area contributed by atoms with E-state index < -0.39 is 5.82 Å². The van der Waals surface area contributed by atoms with Crippen molar-refractivity contribution >= 4 is 44.4 Å². The van der Waals surface area contributed by atoms with Crippen molar-refractivity contribution in [2.45, 2.75) is 25.8 Å². The first kappa shape index (κ1) is 29.6. The van der Waals surface area contributed by atoms with Gasteiger partial charge in [0.05, 0.1) is 33.1 Å². The highest BCUT2D eigenvalue weighted by Gasteiger charge is 2.15. The van der Waals surface area contributed by atoms with Crippen LogP contribution >= 0.6 is 23.6 Å². The lowest BCUT2D eigenvalue weighted by Gasteiger charge is -2.10. The minimum absolute atomic E-state index is 0.0457. The van der Waals surface area contributed by atoms with Crippen molar-refractivity contribution in [1.82, 2.24) is 15.3 Å². The van der Waals surface area contributed by atoms with Crippen molar-refractivity contribution < 1.29 is 18.7 Å². The third-order valence-corrected chi connectivity index (χ3v) is 7.93. The van der Waals surface area contributed by atoms with Gasteiger partial charge in [0.25, 0.3) is 0 Å². The fourth-order valence-electron chi connectivity index (χ4n) is 4.48. The van der Waals surface area contributed by atoms with Gasteiger partial charge < -0.3 is 14.8 Å². The molecule has 0 bridgehead atoms. The van der Waals surface area contributed by atoms with E-state index in [1.807, 2.05) is 54.6 Å². The molecule has 42 heavy (non-hydrogen) atoms. The van der Waals surface area contributed by atoms with E-state index in [1.165, 1.54) is 17.4 Å². The number of pyridine rings is 2. The summed E-state index contributed by atoms with van der Waals surface area (Å²) in [5.41, 5.74) is 4.16. The van der Waals surface area contributed by atoms with Gasteiger partial charge in [-0.3, -0.25) is 14.8 Å². The minimum atomic E-state index is -0.497. The van der Waals surface area contributed by atoms with Crippen LogP contribution in [-0.4, -0.2) is 40.9 Å². The molecule has 5 rings (SSSR count). The largest absolute Gasteiger partial charge is 0.453 e. The molecule has 0 spiro atoms. The lowest BCUT2D eigenvalue weighted by atomic mass is 10.0. The Labute approximate surface area is 253 Å². The van der Waals surface area contributed by atoms with Gasteiger partial charge in [0.2, 0.25) is 0 Å². The van der Waals surface area contributed by atoms with E-state index >= 15 is 4.39 Å². The Bertz CT molecular complexity index is 1690. The maximum atomic E-state index is 15.1. The van der Waals surface area contributed by atoms with Gasteiger partial charge in [-0.15, -0.1) is 11.3 Å². The molecule has 214 valence electrons. The second-order valence-corrected chi connectivity index (χ2v) is 11.4. The second-order valence-electron chi connectivity index (χ2n) is 9.78. The molecule has 3 aromatic heterocycles. The van der Waals surface area contributed by atoms with E-state index in [0.717, 1.165) is 38.6 Å². The Morgan fingerprint density at radius 1 is 0.976 bits per heavy atom. The normalized spacial score (nSPS) is 11.1. The van der Waals surface area contributed by atoms with E-state index in [1.54, 1.807) is 31.5 Å². The van der Waals surface area contributed by atoms with Gasteiger partial charge in [-0.1, -0.05) is 54.7 Å². The molecule has 0 aliphatic heterocycles. The average molecular weight is 600 g/mol. The van der Waals surface area contributed by atoms with E-state index in [2.05, 4.69) is 10.3 Å². The molecule has 0 amide bonds. The number of carbonyl (C=O) groups excluding carboxylic acids is 1. The molecule has 5 aromatic rings. The van der Waals surface area contributed by atoms with E-state index in [4.69, 9.17) is 26.7 Å². The number of nitrogens with one attached hydrogen (secondary N) is 1. The fourth-order valence-corrected chi connectivity index (χ4v) is 5.84. The van der Waals surface area contributed by atoms with Crippen LogP contribution in [0.15, 0.2) is 85.1 Å². The molecule has 9 heteroatoms. The summed E-state index contributed by atoms with van der Waals surface area (Å²) in [6.45, 7) is 2.02. The average Bonchev–Trinajstić information content (AvgIpc) is 3.43. The Hall–Kier alpha value is -3.89. The SMILES string of the molecule is COCCNCc1cccc(-c2cc3nccc(Oc4ccc(CC(=S)CC(=O)Cc5ccccc5)cc4F)c3s2)n1. The van der Waals surface area contributed by atoms with Gasteiger partial charge in [0.1, 0.15) is 11.5 Å². The smallest absolute Gasteiger partial charge is 0.166 e. The number of thiocarbonyl (C=S) groups is 1. The van der Waals surface area contributed by atoms with E-state index in [0.29, 0.717) is 42.2 Å². The molecule has 2 aromatic carbocycles. The Balaban J connectivity index is 1.25. The number of Topliss-reactive ketones (excluding diaryl/α,β-unsaturated/α-hetero) is 1. The summed E-state index contributed by atoms with van der Waals surface area (Å²) in [7, 11) is 1.67. The summed E-state index contributed by atoms with van der Waals surface area (Å²) in [5, 5.41) is 3.31. The predicted octanol–water partition coefficient (Wildman–Crippen LogP) is 7.14. The third kappa shape index (κ3) is 7.89. The van der Waals surface area contributed by atoms with E-state index in [-0.39, 0.29) is 18.0 Å².